The van der Waals surface area contributed by atoms with Gasteiger partial charge in [0.1, 0.15) is 6.61 Å². The predicted molar refractivity (Wildman–Crippen MR) is 72.2 cm³/mol. The van der Waals surface area contributed by atoms with Crippen LogP contribution in [0.15, 0.2) is 6.07 Å². The first-order valence-electron chi connectivity index (χ1n) is 5.58. The van der Waals surface area contributed by atoms with E-state index in [9.17, 15) is 8.78 Å². The number of hydrogen-bond acceptors (Lipinski definition) is 3. The average molecular weight is 318 g/mol. The second-order valence-electron chi connectivity index (χ2n) is 3.64. The van der Waals surface area contributed by atoms with Crippen LogP contribution >= 0.6 is 34.5 Å². The van der Waals surface area contributed by atoms with Gasteiger partial charge in [-0.3, -0.25) is 0 Å². The van der Waals surface area contributed by atoms with Gasteiger partial charge in [0.2, 0.25) is 0 Å². The first kappa shape index (κ1) is 16.1. The molecule has 0 saturated carbocycles. The van der Waals surface area contributed by atoms with Gasteiger partial charge in [0.25, 0.3) is 6.43 Å². The number of hydrogen-bond donors (Lipinski definition) is 1. The molecule has 18 heavy (non-hydrogen) atoms. The fourth-order valence-electron chi connectivity index (χ4n) is 1.58. The van der Waals surface area contributed by atoms with Crippen LogP contribution in [0.3, 0.4) is 0 Å². The zero-order valence-corrected chi connectivity index (χ0v) is 12.2. The molecule has 0 spiro atoms. The molecule has 0 aromatic carbocycles. The third kappa shape index (κ3) is 5.36. The van der Waals surface area contributed by atoms with Gasteiger partial charge < -0.3 is 10.1 Å². The number of nitrogens with one attached hydrogen (secondary N) is 1. The summed E-state index contributed by atoms with van der Waals surface area (Å²) in [7, 11) is 0. The van der Waals surface area contributed by atoms with Crippen LogP contribution in [0.4, 0.5) is 8.78 Å². The van der Waals surface area contributed by atoms with Crippen molar-refractivity contribution in [2.75, 3.05) is 19.8 Å². The minimum Gasteiger partial charge on any atom is -0.375 e. The molecule has 1 rings (SSSR count). The molecule has 1 aromatic rings. The van der Waals surface area contributed by atoms with E-state index in [-0.39, 0.29) is 12.6 Å². The molecule has 0 radical (unpaired) electrons. The van der Waals surface area contributed by atoms with Crippen molar-refractivity contribution in [1.82, 2.24) is 5.32 Å². The summed E-state index contributed by atoms with van der Waals surface area (Å²) in [5.41, 5.74) is 0.897. The van der Waals surface area contributed by atoms with Crippen molar-refractivity contribution in [2.45, 2.75) is 25.8 Å². The standard InChI is InChI=1S/C11H15Cl2F2NOS/c1-2-16-8(3-4-17-6-10(14)15)7-5-9(12)18-11(7)13/h5,8,10,16H,2-4,6H2,1H3. The second kappa shape index (κ2) is 8.27. The van der Waals surface area contributed by atoms with Crippen molar-refractivity contribution >= 4 is 34.5 Å². The van der Waals surface area contributed by atoms with Crippen LogP contribution in [0.25, 0.3) is 0 Å². The minimum atomic E-state index is -2.43. The summed E-state index contributed by atoms with van der Waals surface area (Å²) < 4.78 is 30.0. The highest BCUT2D eigenvalue weighted by atomic mass is 35.5. The molecule has 0 aliphatic heterocycles. The Bertz CT molecular complexity index is 363. The molecule has 1 N–H and O–H groups in total. The Morgan fingerprint density at radius 3 is 2.67 bits per heavy atom. The van der Waals surface area contributed by atoms with E-state index >= 15 is 0 Å². The number of halogens is 4. The molecule has 0 fully saturated rings. The molecule has 1 heterocycles. The van der Waals surface area contributed by atoms with Crippen LogP contribution in [0.2, 0.25) is 8.67 Å². The average Bonchev–Trinajstić information content (AvgIpc) is 2.62. The molecule has 1 aromatic heterocycles. The zero-order valence-electron chi connectivity index (χ0n) is 9.89. The summed E-state index contributed by atoms with van der Waals surface area (Å²) in [4.78, 5) is 0. The van der Waals surface area contributed by atoms with Gasteiger partial charge in [0.15, 0.2) is 0 Å². The maximum absolute atomic E-state index is 11.9. The van der Waals surface area contributed by atoms with Crippen molar-refractivity contribution in [3.63, 3.8) is 0 Å². The topological polar surface area (TPSA) is 21.3 Å². The molecule has 7 heteroatoms. The highest BCUT2D eigenvalue weighted by Gasteiger charge is 2.17. The highest BCUT2D eigenvalue weighted by Crippen LogP contribution is 2.36. The lowest BCUT2D eigenvalue weighted by Gasteiger charge is -2.17. The molecular formula is C11H15Cl2F2NOS. The van der Waals surface area contributed by atoms with Crippen molar-refractivity contribution in [1.29, 1.82) is 0 Å². The Morgan fingerprint density at radius 2 is 2.17 bits per heavy atom. The molecule has 0 amide bonds. The smallest absolute Gasteiger partial charge is 0.261 e. The maximum atomic E-state index is 11.9. The van der Waals surface area contributed by atoms with Gasteiger partial charge in [-0.1, -0.05) is 30.1 Å². The quantitative estimate of drug-likeness (QED) is 0.718. The Balaban J connectivity index is 2.52. The van der Waals surface area contributed by atoms with Gasteiger partial charge in [0.05, 0.1) is 8.67 Å². The summed E-state index contributed by atoms with van der Waals surface area (Å²) in [5.74, 6) is 0. The fraction of sp³-hybridized carbons (Fsp3) is 0.636. The normalized spacial score (nSPS) is 13.2. The maximum Gasteiger partial charge on any atom is 0.261 e. The fourth-order valence-corrected chi connectivity index (χ4v) is 3.16. The predicted octanol–water partition coefficient (Wildman–Crippen LogP) is 4.38. The van der Waals surface area contributed by atoms with Crippen molar-refractivity contribution in [2.24, 2.45) is 0 Å². The van der Waals surface area contributed by atoms with Gasteiger partial charge in [-0.2, -0.15) is 0 Å². The summed E-state index contributed by atoms with van der Waals surface area (Å²) in [5, 5.41) is 3.24. The van der Waals surface area contributed by atoms with Gasteiger partial charge in [-0.25, -0.2) is 8.78 Å². The summed E-state index contributed by atoms with van der Waals surface area (Å²) in [6.07, 6.45) is -1.85. The van der Waals surface area contributed by atoms with E-state index in [1.54, 1.807) is 6.07 Å². The third-order valence-electron chi connectivity index (χ3n) is 2.30. The summed E-state index contributed by atoms with van der Waals surface area (Å²) in [6.45, 7) is 2.45. The van der Waals surface area contributed by atoms with E-state index in [0.717, 1.165) is 12.1 Å². The molecule has 0 aliphatic carbocycles. The van der Waals surface area contributed by atoms with E-state index in [4.69, 9.17) is 27.9 Å². The lowest BCUT2D eigenvalue weighted by molar-refractivity contribution is 0.0144. The Kier molecular flexibility index (Phi) is 7.41. The Labute approximate surface area is 119 Å². The molecule has 1 atom stereocenters. The SMILES string of the molecule is CCNC(CCOCC(F)F)c1cc(Cl)sc1Cl. The Morgan fingerprint density at radius 1 is 1.44 bits per heavy atom. The number of rotatable bonds is 8. The molecule has 0 saturated heterocycles. The van der Waals surface area contributed by atoms with Crippen LogP contribution in [-0.2, 0) is 4.74 Å². The van der Waals surface area contributed by atoms with E-state index in [2.05, 4.69) is 5.32 Å². The van der Waals surface area contributed by atoms with E-state index < -0.39 is 13.0 Å². The zero-order chi connectivity index (χ0) is 13.5. The number of thiophene rings is 1. The lowest BCUT2D eigenvalue weighted by atomic mass is 10.1. The minimum absolute atomic E-state index is 0.0241. The summed E-state index contributed by atoms with van der Waals surface area (Å²) in [6, 6.07) is 1.78. The Hall–Kier alpha value is 0.0600. The molecule has 0 aliphatic rings. The van der Waals surface area contributed by atoms with Crippen LogP contribution < -0.4 is 5.32 Å². The van der Waals surface area contributed by atoms with Gasteiger partial charge in [0, 0.05) is 18.2 Å². The van der Waals surface area contributed by atoms with Crippen molar-refractivity contribution in [3.8, 4) is 0 Å². The van der Waals surface area contributed by atoms with E-state index in [1.165, 1.54) is 11.3 Å². The van der Waals surface area contributed by atoms with Crippen LogP contribution in [0, 0.1) is 0 Å². The lowest BCUT2D eigenvalue weighted by Crippen LogP contribution is -2.22. The van der Waals surface area contributed by atoms with Gasteiger partial charge in [-0.15, -0.1) is 11.3 Å². The first-order chi connectivity index (χ1) is 8.54. The molecule has 104 valence electrons. The molecule has 0 bridgehead atoms. The molecular weight excluding hydrogens is 303 g/mol. The number of alkyl halides is 2. The number of ether oxygens (including phenoxy) is 1. The van der Waals surface area contributed by atoms with Crippen molar-refractivity contribution in [3.05, 3.63) is 20.3 Å². The third-order valence-corrected chi connectivity index (χ3v) is 3.82. The van der Waals surface area contributed by atoms with E-state index in [1.807, 2.05) is 6.92 Å². The van der Waals surface area contributed by atoms with Crippen LogP contribution in [-0.4, -0.2) is 26.2 Å². The van der Waals surface area contributed by atoms with Crippen LogP contribution in [0.1, 0.15) is 24.9 Å². The highest BCUT2D eigenvalue weighted by molar-refractivity contribution is 7.20. The monoisotopic (exact) mass is 317 g/mol. The second-order valence-corrected chi connectivity index (χ2v) is 5.93. The largest absolute Gasteiger partial charge is 0.375 e. The van der Waals surface area contributed by atoms with Crippen LogP contribution in [0.5, 0.6) is 0 Å². The molecule has 2 nitrogen and oxygen atoms in total. The molecule has 1 unspecified atom stereocenters. The first-order valence-corrected chi connectivity index (χ1v) is 7.15. The van der Waals surface area contributed by atoms with Crippen molar-refractivity contribution < 1.29 is 13.5 Å². The summed E-state index contributed by atoms with van der Waals surface area (Å²) >= 11 is 13.3. The van der Waals surface area contributed by atoms with Gasteiger partial charge >= 0.3 is 0 Å². The van der Waals surface area contributed by atoms with Gasteiger partial charge in [-0.05, 0) is 19.0 Å². The van der Waals surface area contributed by atoms with E-state index in [0.29, 0.717) is 15.1 Å².